The third-order valence-corrected chi connectivity index (χ3v) is 3.89. The fraction of sp³-hybridized carbons (Fsp3) is 0.176. The minimum absolute atomic E-state index is 0.0730. The molecule has 0 N–H and O–H groups in total. The van der Waals surface area contributed by atoms with Crippen molar-refractivity contribution in [3.63, 3.8) is 0 Å². The van der Waals surface area contributed by atoms with Gasteiger partial charge in [0.2, 0.25) is 0 Å². The van der Waals surface area contributed by atoms with Crippen LogP contribution in [0.1, 0.15) is 16.7 Å². The molecule has 1 aromatic heterocycles. The Hall–Kier alpha value is -2.40. The molecule has 0 aliphatic heterocycles. The largest absolute Gasteiger partial charge is 0.297 e. The first-order valence-electron chi connectivity index (χ1n) is 7.01. The smallest absolute Gasteiger partial charge is 0.158 e. The van der Waals surface area contributed by atoms with E-state index in [2.05, 4.69) is 13.7 Å². The number of carbonyl (C=O) groups excluding carboxylic acids is 1. The Labute approximate surface area is 132 Å². The van der Waals surface area contributed by atoms with Crippen molar-refractivity contribution in [1.82, 2.24) is 8.75 Å². The van der Waals surface area contributed by atoms with Crippen LogP contribution in [0.25, 0.3) is 11.0 Å². The number of aromatic nitrogens is 2. The molecule has 0 saturated heterocycles. The van der Waals surface area contributed by atoms with E-state index in [-0.39, 0.29) is 12.3 Å². The molecule has 0 amide bonds. The van der Waals surface area contributed by atoms with E-state index in [0.29, 0.717) is 6.42 Å². The maximum Gasteiger partial charge on any atom is 0.158 e. The molecule has 3 aromatic rings. The Bertz CT molecular complexity index is 821. The van der Waals surface area contributed by atoms with Crippen LogP contribution in [0.3, 0.4) is 0 Å². The summed E-state index contributed by atoms with van der Waals surface area (Å²) in [6, 6.07) is 13.8. The summed E-state index contributed by atoms with van der Waals surface area (Å²) in [5.74, 6) is 0.0730. The Kier molecular flexibility index (Phi) is 4.34. The lowest BCUT2D eigenvalue weighted by molar-refractivity contribution is -0.117. The van der Waals surface area contributed by atoms with Gasteiger partial charge in [-0.25, -0.2) is 0 Å². The molecular weight excluding hydrogens is 294 g/mol. The van der Waals surface area contributed by atoms with Crippen molar-refractivity contribution in [1.29, 1.82) is 0 Å². The van der Waals surface area contributed by atoms with Crippen molar-refractivity contribution in [2.45, 2.75) is 13.3 Å². The maximum atomic E-state index is 12.1. The molecule has 0 radical (unpaired) electrons. The first-order chi connectivity index (χ1) is 10.7. The van der Waals surface area contributed by atoms with Gasteiger partial charge in [-0.15, -0.1) is 0 Å². The minimum Gasteiger partial charge on any atom is -0.297 e. The van der Waals surface area contributed by atoms with E-state index < -0.39 is 0 Å². The summed E-state index contributed by atoms with van der Waals surface area (Å²) < 4.78 is 8.43. The molecule has 5 heteroatoms. The number of fused-ring (bicyclic) bond motifs is 1. The molecule has 0 aliphatic rings. The van der Waals surface area contributed by atoms with Crippen LogP contribution < -0.4 is 0 Å². The van der Waals surface area contributed by atoms with Crippen molar-refractivity contribution >= 4 is 34.8 Å². The topological polar surface area (TPSA) is 55.2 Å². The number of hydrogen-bond acceptors (Lipinski definition) is 5. The van der Waals surface area contributed by atoms with Crippen molar-refractivity contribution in [2.24, 2.45) is 4.99 Å². The summed E-state index contributed by atoms with van der Waals surface area (Å²) in [6.45, 7) is 2.22. The molecule has 110 valence electrons. The number of aliphatic imine (C=N–C) groups is 1. The molecule has 0 bridgehead atoms. The van der Waals surface area contributed by atoms with Crippen molar-refractivity contribution in [2.75, 3.05) is 6.54 Å². The molecule has 3 rings (SSSR count). The summed E-state index contributed by atoms with van der Waals surface area (Å²) in [5, 5.41) is 0. The molecule has 0 spiro atoms. The molecule has 22 heavy (non-hydrogen) atoms. The lowest BCUT2D eigenvalue weighted by Gasteiger charge is -2.00. The van der Waals surface area contributed by atoms with E-state index in [0.717, 1.165) is 22.2 Å². The first-order valence-corrected chi connectivity index (χ1v) is 7.74. The van der Waals surface area contributed by atoms with Crippen LogP contribution in [-0.4, -0.2) is 27.3 Å². The highest BCUT2D eigenvalue weighted by Gasteiger charge is 2.08. The summed E-state index contributed by atoms with van der Waals surface area (Å²) in [6.07, 6.45) is 2.08. The zero-order chi connectivity index (χ0) is 15.4. The monoisotopic (exact) mass is 309 g/mol. The van der Waals surface area contributed by atoms with Crippen molar-refractivity contribution in [3.8, 4) is 0 Å². The van der Waals surface area contributed by atoms with Gasteiger partial charge in [0.25, 0.3) is 0 Å². The van der Waals surface area contributed by atoms with Gasteiger partial charge >= 0.3 is 0 Å². The second kappa shape index (κ2) is 6.58. The number of nitrogens with zero attached hydrogens (tertiary/aromatic N) is 3. The zero-order valence-corrected chi connectivity index (χ0v) is 13.0. The van der Waals surface area contributed by atoms with Crippen LogP contribution in [0.4, 0.5) is 0 Å². The van der Waals surface area contributed by atoms with E-state index in [4.69, 9.17) is 0 Å². The van der Waals surface area contributed by atoms with E-state index in [1.54, 1.807) is 6.21 Å². The highest BCUT2D eigenvalue weighted by molar-refractivity contribution is 7.00. The number of hydrogen-bond donors (Lipinski definition) is 0. The predicted octanol–water partition coefficient (Wildman–Crippen LogP) is 3.23. The van der Waals surface area contributed by atoms with Gasteiger partial charge in [0, 0.05) is 12.6 Å². The fourth-order valence-corrected chi connectivity index (χ4v) is 2.75. The molecule has 0 fully saturated rings. The van der Waals surface area contributed by atoms with E-state index in [9.17, 15) is 4.79 Å². The third-order valence-electron chi connectivity index (χ3n) is 3.34. The summed E-state index contributed by atoms with van der Waals surface area (Å²) in [7, 11) is 0. The average Bonchev–Trinajstić information content (AvgIpc) is 2.99. The van der Waals surface area contributed by atoms with Gasteiger partial charge in [0.15, 0.2) is 5.78 Å². The van der Waals surface area contributed by atoms with Crippen LogP contribution in [0, 0.1) is 6.92 Å². The molecule has 0 aliphatic carbocycles. The molecule has 4 nitrogen and oxygen atoms in total. The normalized spacial score (nSPS) is 11.3. The van der Waals surface area contributed by atoms with Crippen LogP contribution in [-0.2, 0) is 11.2 Å². The number of Topliss-reactive ketones (excluding diaryl/α,β-unsaturated/α-hetero) is 1. The van der Waals surface area contributed by atoms with Crippen molar-refractivity contribution < 1.29 is 4.79 Å². The van der Waals surface area contributed by atoms with E-state index >= 15 is 0 Å². The van der Waals surface area contributed by atoms with Crippen LogP contribution in [0.2, 0.25) is 0 Å². The SMILES string of the molecule is Cc1ccc(C=NCC(=O)Cc2cccc3nsnc23)cc1. The molecule has 0 atom stereocenters. The molecule has 1 heterocycles. The Morgan fingerprint density at radius 2 is 2.00 bits per heavy atom. The van der Waals surface area contributed by atoms with Gasteiger partial charge in [0.05, 0.1) is 18.3 Å². The predicted molar refractivity (Wildman–Crippen MR) is 89.8 cm³/mol. The molecular formula is C17H15N3OS. The number of benzene rings is 2. The lowest BCUT2D eigenvalue weighted by Crippen LogP contribution is -2.07. The quantitative estimate of drug-likeness (QED) is 0.680. The zero-order valence-electron chi connectivity index (χ0n) is 12.2. The van der Waals surface area contributed by atoms with Gasteiger partial charge in [-0.05, 0) is 24.1 Å². The standard InChI is InChI=1S/C17H15N3OS/c1-12-5-7-13(8-6-12)10-18-11-15(21)9-14-3-2-4-16-17(14)20-22-19-16/h2-8,10H,9,11H2,1H3. The van der Waals surface area contributed by atoms with Crippen LogP contribution in [0.5, 0.6) is 0 Å². The third kappa shape index (κ3) is 3.43. The Morgan fingerprint density at radius 1 is 1.18 bits per heavy atom. The fourth-order valence-electron chi connectivity index (χ4n) is 2.18. The van der Waals surface area contributed by atoms with E-state index in [1.165, 1.54) is 17.3 Å². The Balaban J connectivity index is 1.63. The Morgan fingerprint density at radius 3 is 2.82 bits per heavy atom. The summed E-state index contributed by atoms with van der Waals surface area (Å²) in [5.41, 5.74) is 4.80. The summed E-state index contributed by atoms with van der Waals surface area (Å²) >= 11 is 1.17. The maximum absolute atomic E-state index is 12.1. The van der Waals surface area contributed by atoms with Crippen molar-refractivity contribution in [3.05, 3.63) is 59.2 Å². The molecule has 2 aromatic carbocycles. The van der Waals surface area contributed by atoms with Crippen LogP contribution >= 0.6 is 11.7 Å². The first kappa shape index (κ1) is 14.5. The second-order valence-corrected chi connectivity index (χ2v) is 5.67. The average molecular weight is 309 g/mol. The minimum atomic E-state index is 0.0730. The van der Waals surface area contributed by atoms with Gasteiger partial charge in [0.1, 0.15) is 11.0 Å². The summed E-state index contributed by atoms with van der Waals surface area (Å²) in [4.78, 5) is 16.3. The van der Waals surface area contributed by atoms with Crippen LogP contribution in [0.15, 0.2) is 47.5 Å². The number of carbonyl (C=O) groups is 1. The molecule has 0 saturated carbocycles. The number of ketones is 1. The van der Waals surface area contributed by atoms with Gasteiger partial charge in [-0.3, -0.25) is 9.79 Å². The highest BCUT2D eigenvalue weighted by Crippen LogP contribution is 2.17. The highest BCUT2D eigenvalue weighted by atomic mass is 32.1. The number of rotatable bonds is 5. The van der Waals surface area contributed by atoms with E-state index in [1.807, 2.05) is 49.4 Å². The van der Waals surface area contributed by atoms with Gasteiger partial charge in [-0.2, -0.15) is 8.75 Å². The number of aryl methyl sites for hydroxylation is 1. The molecule has 0 unspecified atom stereocenters. The van der Waals surface area contributed by atoms with Gasteiger partial charge < -0.3 is 0 Å². The lowest BCUT2D eigenvalue weighted by atomic mass is 10.1. The van der Waals surface area contributed by atoms with Gasteiger partial charge in [-0.1, -0.05) is 42.0 Å². The second-order valence-electron chi connectivity index (χ2n) is 5.15.